The Labute approximate surface area is 136 Å². The van der Waals surface area contributed by atoms with Crippen LogP contribution in [0, 0.1) is 6.92 Å². The first-order chi connectivity index (χ1) is 11.1. The zero-order chi connectivity index (χ0) is 16.8. The summed E-state index contributed by atoms with van der Waals surface area (Å²) < 4.78 is 15.9. The zero-order valence-corrected chi connectivity index (χ0v) is 13.8. The van der Waals surface area contributed by atoms with Gasteiger partial charge in [-0.1, -0.05) is 35.9 Å². The summed E-state index contributed by atoms with van der Waals surface area (Å²) in [6.45, 7) is 1.99. The maximum atomic E-state index is 12.2. The predicted octanol–water partition coefficient (Wildman–Crippen LogP) is 3.92. The Kier molecular flexibility index (Phi) is 5.41. The van der Waals surface area contributed by atoms with Gasteiger partial charge < -0.3 is 14.2 Å². The third kappa shape index (κ3) is 3.92. The second kappa shape index (κ2) is 7.49. The van der Waals surface area contributed by atoms with Crippen molar-refractivity contribution in [1.82, 2.24) is 0 Å². The minimum Gasteiger partial charge on any atom is -0.493 e. The van der Waals surface area contributed by atoms with Gasteiger partial charge in [-0.2, -0.15) is 0 Å². The number of carbonyl (C=O) groups is 1. The summed E-state index contributed by atoms with van der Waals surface area (Å²) in [6.07, 6.45) is 3.26. The molecule has 0 heterocycles. The van der Waals surface area contributed by atoms with Crippen LogP contribution in [0.1, 0.15) is 21.5 Å². The van der Waals surface area contributed by atoms with E-state index >= 15 is 0 Å². The molecule has 0 atom stereocenters. The largest absolute Gasteiger partial charge is 0.493 e. The molecule has 0 fully saturated rings. The van der Waals surface area contributed by atoms with Crippen LogP contribution in [-0.2, 0) is 0 Å². The lowest BCUT2D eigenvalue weighted by molar-refractivity contribution is 0.104. The molecule has 0 bridgehead atoms. The standard InChI is InChI=1S/C19H20O4/c1-13-5-8-15(9-6-13)16(20)10-7-14-11-17(21-2)19(23-4)18(12-14)22-3/h5-12H,1-4H3/b10-7-. The molecule has 0 saturated carbocycles. The molecule has 2 aromatic rings. The van der Waals surface area contributed by atoms with E-state index in [1.807, 2.05) is 31.2 Å². The molecule has 0 aliphatic heterocycles. The van der Waals surface area contributed by atoms with E-state index in [0.717, 1.165) is 11.1 Å². The third-order valence-corrected chi connectivity index (χ3v) is 3.45. The fraction of sp³-hybridized carbons (Fsp3) is 0.211. The maximum absolute atomic E-state index is 12.2. The van der Waals surface area contributed by atoms with E-state index in [9.17, 15) is 4.79 Å². The van der Waals surface area contributed by atoms with Crippen molar-refractivity contribution < 1.29 is 19.0 Å². The van der Waals surface area contributed by atoms with Crippen molar-refractivity contribution >= 4 is 11.9 Å². The monoisotopic (exact) mass is 312 g/mol. The smallest absolute Gasteiger partial charge is 0.203 e. The third-order valence-electron chi connectivity index (χ3n) is 3.45. The average molecular weight is 312 g/mol. The number of benzene rings is 2. The van der Waals surface area contributed by atoms with Crippen molar-refractivity contribution in [3.05, 3.63) is 59.2 Å². The van der Waals surface area contributed by atoms with Crippen LogP contribution in [0.4, 0.5) is 0 Å². The Hall–Kier alpha value is -2.75. The first kappa shape index (κ1) is 16.6. The molecule has 0 N–H and O–H groups in total. The molecule has 2 aromatic carbocycles. The minimum atomic E-state index is -0.0567. The highest BCUT2D eigenvalue weighted by atomic mass is 16.5. The van der Waals surface area contributed by atoms with Crippen molar-refractivity contribution in [3.8, 4) is 17.2 Å². The predicted molar refractivity (Wildman–Crippen MR) is 90.6 cm³/mol. The minimum absolute atomic E-state index is 0.0567. The van der Waals surface area contributed by atoms with Crippen LogP contribution in [-0.4, -0.2) is 27.1 Å². The first-order valence-corrected chi connectivity index (χ1v) is 7.18. The van der Waals surface area contributed by atoms with E-state index < -0.39 is 0 Å². The van der Waals surface area contributed by atoms with Crippen LogP contribution < -0.4 is 14.2 Å². The van der Waals surface area contributed by atoms with Gasteiger partial charge in [0.05, 0.1) is 21.3 Å². The second-order valence-corrected chi connectivity index (χ2v) is 5.02. The average Bonchev–Trinajstić information content (AvgIpc) is 2.59. The molecular formula is C19H20O4. The van der Waals surface area contributed by atoms with Crippen molar-refractivity contribution in [2.45, 2.75) is 6.92 Å². The molecule has 0 radical (unpaired) electrons. The number of rotatable bonds is 6. The van der Waals surface area contributed by atoms with Crippen molar-refractivity contribution in [2.75, 3.05) is 21.3 Å². The van der Waals surface area contributed by atoms with Gasteiger partial charge in [0.25, 0.3) is 0 Å². The second-order valence-electron chi connectivity index (χ2n) is 5.02. The normalized spacial score (nSPS) is 10.6. The molecule has 2 rings (SSSR count). The quantitative estimate of drug-likeness (QED) is 0.599. The number of methoxy groups -OCH3 is 3. The molecule has 0 aliphatic rings. The Bertz CT molecular complexity index is 690. The first-order valence-electron chi connectivity index (χ1n) is 7.18. The Morgan fingerprint density at radius 3 is 1.96 bits per heavy atom. The summed E-state index contributed by atoms with van der Waals surface area (Å²) in [5, 5.41) is 0. The van der Waals surface area contributed by atoms with E-state index in [0.29, 0.717) is 22.8 Å². The number of carbonyl (C=O) groups excluding carboxylic acids is 1. The van der Waals surface area contributed by atoms with Gasteiger partial charge in [-0.25, -0.2) is 0 Å². The molecular weight excluding hydrogens is 292 g/mol. The van der Waals surface area contributed by atoms with Crippen molar-refractivity contribution in [3.63, 3.8) is 0 Å². The number of ether oxygens (including phenoxy) is 3. The topological polar surface area (TPSA) is 44.8 Å². The number of ketones is 1. The molecule has 120 valence electrons. The van der Waals surface area contributed by atoms with Crippen LogP contribution in [0.15, 0.2) is 42.5 Å². The fourth-order valence-electron chi connectivity index (χ4n) is 2.18. The van der Waals surface area contributed by atoms with Crippen LogP contribution in [0.25, 0.3) is 6.08 Å². The number of hydrogen-bond acceptors (Lipinski definition) is 4. The molecule has 23 heavy (non-hydrogen) atoms. The summed E-state index contributed by atoms with van der Waals surface area (Å²) in [7, 11) is 4.67. The number of hydrogen-bond donors (Lipinski definition) is 0. The SMILES string of the molecule is COc1cc(/C=C\C(=O)c2ccc(C)cc2)cc(OC)c1OC. The fourth-order valence-corrected chi connectivity index (χ4v) is 2.18. The number of allylic oxidation sites excluding steroid dienone is 1. The molecule has 4 heteroatoms. The lowest BCUT2D eigenvalue weighted by atomic mass is 10.1. The van der Waals surface area contributed by atoms with Crippen LogP contribution in [0.5, 0.6) is 17.2 Å². The Morgan fingerprint density at radius 2 is 1.48 bits per heavy atom. The summed E-state index contributed by atoms with van der Waals surface area (Å²) in [4.78, 5) is 12.2. The van der Waals surface area contributed by atoms with Crippen molar-refractivity contribution in [1.29, 1.82) is 0 Å². The van der Waals surface area contributed by atoms with Gasteiger partial charge in [0.1, 0.15) is 0 Å². The molecule has 0 spiro atoms. The van der Waals surface area contributed by atoms with E-state index in [4.69, 9.17) is 14.2 Å². The van der Waals surface area contributed by atoms with E-state index in [-0.39, 0.29) is 5.78 Å². The highest BCUT2D eigenvalue weighted by molar-refractivity contribution is 6.06. The highest BCUT2D eigenvalue weighted by Gasteiger charge is 2.12. The molecule has 0 aliphatic carbocycles. The molecule has 0 aromatic heterocycles. The van der Waals surface area contributed by atoms with Gasteiger partial charge in [-0.15, -0.1) is 0 Å². The van der Waals surface area contributed by atoms with Gasteiger partial charge in [-0.05, 0) is 30.7 Å². The summed E-state index contributed by atoms with van der Waals surface area (Å²) >= 11 is 0. The zero-order valence-electron chi connectivity index (χ0n) is 13.8. The molecule has 0 unspecified atom stereocenters. The van der Waals surface area contributed by atoms with Gasteiger partial charge in [-0.3, -0.25) is 4.79 Å². The van der Waals surface area contributed by atoms with E-state index in [2.05, 4.69) is 0 Å². The van der Waals surface area contributed by atoms with Crippen LogP contribution >= 0.6 is 0 Å². The highest BCUT2D eigenvalue weighted by Crippen LogP contribution is 2.38. The van der Waals surface area contributed by atoms with Gasteiger partial charge >= 0.3 is 0 Å². The van der Waals surface area contributed by atoms with E-state index in [1.54, 1.807) is 39.5 Å². The van der Waals surface area contributed by atoms with Crippen molar-refractivity contribution in [2.24, 2.45) is 0 Å². The lowest BCUT2D eigenvalue weighted by Gasteiger charge is -2.12. The Balaban J connectivity index is 2.28. The molecule has 0 saturated heterocycles. The van der Waals surface area contributed by atoms with E-state index in [1.165, 1.54) is 6.08 Å². The van der Waals surface area contributed by atoms with Crippen LogP contribution in [0.3, 0.4) is 0 Å². The van der Waals surface area contributed by atoms with Crippen LogP contribution in [0.2, 0.25) is 0 Å². The van der Waals surface area contributed by atoms with Gasteiger partial charge in [0, 0.05) is 5.56 Å². The molecule has 4 nitrogen and oxygen atoms in total. The number of aryl methyl sites for hydroxylation is 1. The lowest BCUT2D eigenvalue weighted by Crippen LogP contribution is -1.96. The molecule has 0 amide bonds. The van der Waals surface area contributed by atoms with Gasteiger partial charge in [0.2, 0.25) is 5.75 Å². The van der Waals surface area contributed by atoms with Gasteiger partial charge in [0.15, 0.2) is 17.3 Å². The maximum Gasteiger partial charge on any atom is 0.203 e. The summed E-state index contributed by atoms with van der Waals surface area (Å²) in [5.41, 5.74) is 2.56. The summed E-state index contributed by atoms with van der Waals surface area (Å²) in [6, 6.07) is 11.1. The summed E-state index contributed by atoms with van der Waals surface area (Å²) in [5.74, 6) is 1.57. The Morgan fingerprint density at radius 1 is 0.913 bits per heavy atom.